The normalized spacial score (nSPS) is 10.5. The van der Waals surface area contributed by atoms with Crippen molar-refractivity contribution in [3.63, 3.8) is 0 Å². The maximum Gasteiger partial charge on any atom is 0.264 e. The molecule has 2 aromatic carbocycles. The summed E-state index contributed by atoms with van der Waals surface area (Å²) < 4.78 is 6.31. The Morgan fingerprint density at radius 3 is 2.86 bits per heavy atom. The van der Waals surface area contributed by atoms with Gasteiger partial charge in [0.25, 0.3) is 5.91 Å². The highest BCUT2D eigenvalue weighted by atomic mass is 35.5. The zero-order chi connectivity index (χ0) is 14.7. The van der Waals surface area contributed by atoms with Crippen LogP contribution in [0.3, 0.4) is 0 Å². The fourth-order valence-corrected chi connectivity index (χ4v) is 2.93. The molecule has 0 radical (unpaired) electrons. The van der Waals surface area contributed by atoms with Gasteiger partial charge in [0.15, 0.2) is 11.7 Å². The molecule has 1 heterocycles. The third kappa shape index (κ3) is 3.51. The Morgan fingerprint density at radius 1 is 1.24 bits per heavy atom. The number of fused-ring (bicyclic) bond motifs is 1. The molecular formula is C15H11ClN2O2S. The molecule has 0 aliphatic heterocycles. The first kappa shape index (κ1) is 13.9. The number of carbonyl (C=O) groups is 1. The lowest BCUT2D eigenvalue weighted by molar-refractivity contribution is -0.118. The molecule has 0 aliphatic carbocycles. The van der Waals surface area contributed by atoms with E-state index in [1.54, 1.807) is 18.2 Å². The van der Waals surface area contributed by atoms with E-state index >= 15 is 0 Å². The van der Waals surface area contributed by atoms with E-state index in [0.717, 1.165) is 10.2 Å². The van der Waals surface area contributed by atoms with Crippen LogP contribution in [0.1, 0.15) is 0 Å². The average molecular weight is 319 g/mol. The molecule has 0 spiro atoms. The molecular weight excluding hydrogens is 308 g/mol. The molecule has 6 heteroatoms. The number of hydrogen-bond donors (Lipinski definition) is 1. The molecule has 1 N–H and O–H groups in total. The highest BCUT2D eigenvalue weighted by Crippen LogP contribution is 2.28. The van der Waals surface area contributed by atoms with Gasteiger partial charge in [0, 0.05) is 5.02 Å². The summed E-state index contributed by atoms with van der Waals surface area (Å²) in [5, 5.41) is 3.91. The minimum atomic E-state index is -0.246. The van der Waals surface area contributed by atoms with Gasteiger partial charge in [0.05, 0.1) is 10.2 Å². The molecule has 3 aromatic rings. The summed E-state index contributed by atoms with van der Waals surface area (Å²) in [6.07, 6.45) is 0. The van der Waals surface area contributed by atoms with Crippen molar-refractivity contribution in [2.24, 2.45) is 0 Å². The van der Waals surface area contributed by atoms with Gasteiger partial charge < -0.3 is 4.74 Å². The Balaban J connectivity index is 1.63. The number of nitrogens with one attached hydrogen (secondary N) is 1. The number of ether oxygens (including phenoxy) is 1. The maximum atomic E-state index is 11.8. The molecule has 1 amide bonds. The van der Waals surface area contributed by atoms with E-state index in [1.807, 2.05) is 30.3 Å². The Labute approximate surface area is 130 Å². The quantitative estimate of drug-likeness (QED) is 0.792. The molecule has 0 bridgehead atoms. The van der Waals surface area contributed by atoms with Crippen LogP contribution in [0.4, 0.5) is 5.13 Å². The Bertz CT molecular complexity index is 774. The van der Waals surface area contributed by atoms with E-state index in [2.05, 4.69) is 10.3 Å². The fourth-order valence-electron chi connectivity index (χ4n) is 1.77. The first-order chi connectivity index (χ1) is 10.2. The van der Waals surface area contributed by atoms with Crippen molar-refractivity contribution in [1.82, 2.24) is 4.98 Å². The lowest BCUT2D eigenvalue weighted by Crippen LogP contribution is -2.19. The van der Waals surface area contributed by atoms with Crippen LogP contribution >= 0.6 is 22.9 Å². The third-order valence-electron chi connectivity index (χ3n) is 2.71. The number of rotatable bonds is 4. The zero-order valence-electron chi connectivity index (χ0n) is 10.9. The van der Waals surface area contributed by atoms with Gasteiger partial charge in [-0.05, 0) is 30.3 Å². The van der Waals surface area contributed by atoms with Crippen molar-refractivity contribution in [1.29, 1.82) is 0 Å². The van der Waals surface area contributed by atoms with Crippen LogP contribution in [-0.2, 0) is 4.79 Å². The van der Waals surface area contributed by atoms with Gasteiger partial charge in [0.2, 0.25) is 0 Å². The van der Waals surface area contributed by atoms with Gasteiger partial charge in [-0.1, -0.05) is 41.1 Å². The SMILES string of the molecule is O=C(COc1ccccc1)Nc1nc2ccc(Cl)cc2s1. The minimum Gasteiger partial charge on any atom is -0.484 e. The second-order valence-corrected chi connectivity index (χ2v) is 5.75. The van der Waals surface area contributed by atoms with Crippen LogP contribution in [0.2, 0.25) is 5.02 Å². The first-order valence-electron chi connectivity index (χ1n) is 6.24. The number of carbonyl (C=O) groups excluding carboxylic acids is 1. The largest absolute Gasteiger partial charge is 0.484 e. The van der Waals surface area contributed by atoms with Crippen molar-refractivity contribution in [2.75, 3.05) is 11.9 Å². The van der Waals surface area contributed by atoms with Gasteiger partial charge in [-0.2, -0.15) is 0 Å². The molecule has 106 valence electrons. The number of thiazole rings is 1. The molecule has 0 saturated carbocycles. The van der Waals surface area contributed by atoms with Crippen LogP contribution in [0, 0.1) is 0 Å². The van der Waals surface area contributed by atoms with Crippen molar-refractivity contribution in [3.05, 3.63) is 53.6 Å². The summed E-state index contributed by atoms with van der Waals surface area (Å²) in [5.74, 6) is 0.410. The topological polar surface area (TPSA) is 51.2 Å². The summed E-state index contributed by atoms with van der Waals surface area (Å²) in [5.41, 5.74) is 0.809. The third-order valence-corrected chi connectivity index (χ3v) is 3.88. The lowest BCUT2D eigenvalue weighted by Gasteiger charge is -2.04. The zero-order valence-corrected chi connectivity index (χ0v) is 12.4. The fraction of sp³-hybridized carbons (Fsp3) is 0.0667. The molecule has 0 aliphatic rings. The molecule has 4 nitrogen and oxygen atoms in total. The van der Waals surface area contributed by atoms with Crippen LogP contribution in [0.5, 0.6) is 5.75 Å². The molecule has 0 fully saturated rings. The standard InChI is InChI=1S/C15H11ClN2O2S/c16-10-6-7-12-13(8-10)21-15(17-12)18-14(19)9-20-11-4-2-1-3-5-11/h1-8H,9H2,(H,17,18,19). The van der Waals surface area contributed by atoms with Crippen molar-refractivity contribution in [2.45, 2.75) is 0 Å². The summed E-state index contributed by atoms with van der Waals surface area (Å²) in [4.78, 5) is 16.2. The summed E-state index contributed by atoms with van der Waals surface area (Å²) in [6.45, 7) is -0.0549. The molecule has 1 aromatic heterocycles. The van der Waals surface area contributed by atoms with Crippen molar-refractivity contribution < 1.29 is 9.53 Å². The molecule has 3 rings (SSSR count). The Morgan fingerprint density at radius 2 is 2.05 bits per heavy atom. The van der Waals surface area contributed by atoms with Crippen LogP contribution in [-0.4, -0.2) is 17.5 Å². The number of anilines is 1. The number of hydrogen-bond acceptors (Lipinski definition) is 4. The maximum absolute atomic E-state index is 11.8. The number of halogens is 1. The number of benzene rings is 2. The number of para-hydroxylation sites is 1. The number of nitrogens with zero attached hydrogens (tertiary/aromatic N) is 1. The monoisotopic (exact) mass is 318 g/mol. The molecule has 0 atom stereocenters. The van der Waals surface area contributed by atoms with E-state index in [0.29, 0.717) is 15.9 Å². The van der Waals surface area contributed by atoms with E-state index in [-0.39, 0.29) is 12.5 Å². The van der Waals surface area contributed by atoms with Crippen LogP contribution < -0.4 is 10.1 Å². The summed E-state index contributed by atoms with van der Waals surface area (Å²) in [6, 6.07) is 14.6. The van der Waals surface area contributed by atoms with E-state index in [9.17, 15) is 4.79 Å². The van der Waals surface area contributed by atoms with Crippen molar-refractivity contribution >= 4 is 44.2 Å². The minimum absolute atomic E-state index is 0.0549. The smallest absolute Gasteiger partial charge is 0.264 e. The van der Waals surface area contributed by atoms with E-state index in [4.69, 9.17) is 16.3 Å². The predicted octanol–water partition coefficient (Wildman–Crippen LogP) is 3.97. The van der Waals surface area contributed by atoms with Gasteiger partial charge in [-0.3, -0.25) is 10.1 Å². The number of amides is 1. The summed E-state index contributed by atoms with van der Waals surface area (Å²) >= 11 is 7.30. The van der Waals surface area contributed by atoms with Crippen LogP contribution in [0.15, 0.2) is 48.5 Å². The molecule has 21 heavy (non-hydrogen) atoms. The van der Waals surface area contributed by atoms with Gasteiger partial charge in [-0.15, -0.1) is 0 Å². The first-order valence-corrected chi connectivity index (χ1v) is 7.44. The Hall–Kier alpha value is -2.11. The van der Waals surface area contributed by atoms with Gasteiger partial charge in [0.1, 0.15) is 5.75 Å². The predicted molar refractivity (Wildman–Crippen MR) is 85.2 cm³/mol. The second-order valence-electron chi connectivity index (χ2n) is 4.28. The van der Waals surface area contributed by atoms with E-state index < -0.39 is 0 Å². The molecule has 0 unspecified atom stereocenters. The highest BCUT2D eigenvalue weighted by Gasteiger charge is 2.08. The summed E-state index contributed by atoms with van der Waals surface area (Å²) in [7, 11) is 0. The highest BCUT2D eigenvalue weighted by molar-refractivity contribution is 7.22. The second kappa shape index (κ2) is 6.11. The van der Waals surface area contributed by atoms with Gasteiger partial charge >= 0.3 is 0 Å². The average Bonchev–Trinajstić information content (AvgIpc) is 2.87. The molecule has 0 saturated heterocycles. The lowest BCUT2D eigenvalue weighted by atomic mass is 10.3. The van der Waals surface area contributed by atoms with Gasteiger partial charge in [-0.25, -0.2) is 4.98 Å². The van der Waals surface area contributed by atoms with Crippen molar-refractivity contribution in [3.8, 4) is 5.75 Å². The number of aromatic nitrogens is 1. The Kier molecular flexibility index (Phi) is 4.03. The van der Waals surface area contributed by atoms with Crippen LogP contribution in [0.25, 0.3) is 10.2 Å². The van der Waals surface area contributed by atoms with E-state index in [1.165, 1.54) is 11.3 Å².